The van der Waals surface area contributed by atoms with E-state index in [0.29, 0.717) is 0 Å². The highest BCUT2D eigenvalue weighted by molar-refractivity contribution is 5.94. The molecule has 0 saturated carbocycles. The van der Waals surface area contributed by atoms with Crippen molar-refractivity contribution in [3.8, 4) is 0 Å². The molecule has 1 rings (SSSR count). The zero-order valence-corrected chi connectivity index (χ0v) is 10.2. The number of rotatable bonds is 4. The number of nitrogens with zero attached hydrogens (tertiary/aromatic N) is 2. The molecule has 1 aromatic rings. The number of hydrogen-bond acceptors (Lipinski definition) is 3. The fourth-order valence-corrected chi connectivity index (χ4v) is 1.15. The molecular formula is C11H15FN4O2. The number of nitrogens with one attached hydrogen (secondary N) is 2. The van der Waals surface area contributed by atoms with Gasteiger partial charge in [0.15, 0.2) is 0 Å². The first-order valence-corrected chi connectivity index (χ1v) is 5.36. The molecule has 0 bridgehead atoms. The first-order valence-electron chi connectivity index (χ1n) is 5.36. The number of carbonyl (C=O) groups excluding carboxylic acids is 2. The second kappa shape index (κ2) is 6.53. The first-order chi connectivity index (χ1) is 8.52. The summed E-state index contributed by atoms with van der Waals surface area (Å²) < 4.78 is 13.1. The van der Waals surface area contributed by atoms with E-state index in [4.69, 9.17) is 0 Å². The fraction of sp³-hybridized carbons (Fsp3) is 0.364. The molecule has 2 N–H and O–H groups in total. The maximum absolute atomic E-state index is 13.1. The predicted molar refractivity (Wildman–Crippen MR) is 63.6 cm³/mol. The van der Waals surface area contributed by atoms with Gasteiger partial charge in [0.1, 0.15) is 0 Å². The van der Waals surface area contributed by atoms with Crippen LogP contribution in [0.4, 0.5) is 9.18 Å². The van der Waals surface area contributed by atoms with E-state index in [9.17, 15) is 14.0 Å². The summed E-state index contributed by atoms with van der Waals surface area (Å²) in [7, 11) is 3.22. The molecule has 0 fully saturated rings. The number of urea groups is 1. The van der Waals surface area contributed by atoms with Crippen LogP contribution in [0.5, 0.6) is 0 Å². The molecule has 0 spiro atoms. The van der Waals surface area contributed by atoms with E-state index < -0.39 is 11.9 Å². The summed E-state index contributed by atoms with van der Waals surface area (Å²) in [6.45, 7) is 0.484. The molecule has 0 aromatic carbocycles. The first kappa shape index (κ1) is 13.9. The molecule has 0 unspecified atom stereocenters. The second-order valence-corrected chi connectivity index (χ2v) is 3.72. The number of aromatic nitrogens is 1. The molecular weight excluding hydrogens is 239 g/mol. The predicted octanol–water partition coefficient (Wildman–Crippen LogP) is 0.222. The smallest absolute Gasteiger partial charge is 0.316 e. The molecule has 6 nitrogen and oxygen atoms in total. The van der Waals surface area contributed by atoms with E-state index >= 15 is 0 Å². The zero-order chi connectivity index (χ0) is 13.5. The lowest BCUT2D eigenvalue weighted by atomic mass is 10.2. The minimum atomic E-state index is -0.813. The lowest BCUT2D eigenvalue weighted by molar-refractivity contribution is 0.0948. The van der Waals surface area contributed by atoms with Gasteiger partial charge in [0.2, 0.25) is 5.95 Å². The molecule has 0 aliphatic rings. The molecule has 3 amide bonds. The third-order valence-electron chi connectivity index (χ3n) is 2.10. The summed E-state index contributed by atoms with van der Waals surface area (Å²) in [4.78, 5) is 27.4. The minimum Gasteiger partial charge on any atom is -0.350 e. The van der Waals surface area contributed by atoms with E-state index in [1.54, 1.807) is 14.1 Å². The Morgan fingerprint density at radius 2 is 2.00 bits per heavy atom. The van der Waals surface area contributed by atoms with E-state index in [1.165, 1.54) is 23.2 Å². The van der Waals surface area contributed by atoms with Crippen LogP contribution in [0, 0.1) is 5.95 Å². The van der Waals surface area contributed by atoms with Gasteiger partial charge in [0.05, 0.1) is 5.56 Å². The molecule has 0 atom stereocenters. The van der Waals surface area contributed by atoms with Crippen LogP contribution in [0.3, 0.4) is 0 Å². The summed E-state index contributed by atoms with van der Waals surface area (Å²) in [5, 5.41) is 5.05. The van der Waals surface area contributed by atoms with Crippen molar-refractivity contribution in [3.63, 3.8) is 0 Å². The highest BCUT2D eigenvalue weighted by Gasteiger charge is 2.11. The lowest BCUT2D eigenvalue weighted by Gasteiger charge is -2.12. The maximum Gasteiger partial charge on any atom is 0.316 e. The van der Waals surface area contributed by atoms with E-state index in [1.807, 2.05) is 0 Å². The average molecular weight is 254 g/mol. The van der Waals surface area contributed by atoms with Gasteiger partial charge in [0, 0.05) is 33.4 Å². The number of carbonyl (C=O) groups is 2. The SMILES string of the molecule is CN(C)C(=O)NCCNC(=O)c1cccnc1F. The van der Waals surface area contributed by atoms with Crippen LogP contribution in [-0.2, 0) is 0 Å². The van der Waals surface area contributed by atoms with Gasteiger partial charge in [-0.1, -0.05) is 0 Å². The summed E-state index contributed by atoms with van der Waals surface area (Å²) in [6, 6.07) is 2.57. The second-order valence-electron chi connectivity index (χ2n) is 3.72. The monoisotopic (exact) mass is 254 g/mol. The van der Waals surface area contributed by atoms with Crippen LogP contribution in [0.25, 0.3) is 0 Å². The molecule has 0 aliphatic carbocycles. The quantitative estimate of drug-likeness (QED) is 0.596. The zero-order valence-electron chi connectivity index (χ0n) is 10.2. The summed E-state index contributed by atoms with van der Waals surface area (Å²) in [5.74, 6) is -1.37. The van der Waals surface area contributed by atoms with Gasteiger partial charge in [-0.15, -0.1) is 0 Å². The van der Waals surface area contributed by atoms with Crippen LogP contribution in [0.2, 0.25) is 0 Å². The van der Waals surface area contributed by atoms with Crippen molar-refractivity contribution in [2.45, 2.75) is 0 Å². The van der Waals surface area contributed by atoms with Gasteiger partial charge in [0.25, 0.3) is 5.91 Å². The number of halogens is 1. The number of hydrogen-bond donors (Lipinski definition) is 2. The molecule has 0 radical (unpaired) electrons. The maximum atomic E-state index is 13.1. The normalized spacial score (nSPS) is 9.72. The Kier molecular flexibility index (Phi) is 5.04. The van der Waals surface area contributed by atoms with Gasteiger partial charge in [-0.05, 0) is 12.1 Å². The molecule has 98 valence electrons. The van der Waals surface area contributed by atoms with Crippen molar-refractivity contribution in [2.24, 2.45) is 0 Å². The average Bonchev–Trinajstić information content (AvgIpc) is 2.34. The Hall–Kier alpha value is -2.18. The molecule has 1 aromatic heterocycles. The highest BCUT2D eigenvalue weighted by atomic mass is 19.1. The van der Waals surface area contributed by atoms with Crippen LogP contribution in [-0.4, -0.2) is 49.0 Å². The largest absolute Gasteiger partial charge is 0.350 e. The number of amides is 3. The molecule has 0 saturated heterocycles. The lowest BCUT2D eigenvalue weighted by Crippen LogP contribution is -2.39. The number of pyridine rings is 1. The van der Waals surface area contributed by atoms with E-state index in [0.717, 1.165) is 0 Å². The molecule has 0 aliphatic heterocycles. The van der Waals surface area contributed by atoms with Crippen molar-refractivity contribution in [1.29, 1.82) is 0 Å². The Balaban J connectivity index is 2.35. The van der Waals surface area contributed by atoms with Crippen molar-refractivity contribution in [1.82, 2.24) is 20.5 Å². The Bertz CT molecular complexity index is 437. The van der Waals surface area contributed by atoms with Gasteiger partial charge < -0.3 is 15.5 Å². The topological polar surface area (TPSA) is 74.3 Å². The van der Waals surface area contributed by atoms with Crippen LogP contribution in [0.15, 0.2) is 18.3 Å². The van der Waals surface area contributed by atoms with E-state index in [2.05, 4.69) is 15.6 Å². The Labute approximate surface area is 104 Å². The summed E-state index contributed by atoms with van der Waals surface area (Å²) in [5.41, 5.74) is -0.114. The van der Waals surface area contributed by atoms with Crippen molar-refractivity contribution in [3.05, 3.63) is 29.8 Å². The molecule has 18 heavy (non-hydrogen) atoms. The summed E-state index contributed by atoms with van der Waals surface area (Å²) >= 11 is 0. The molecule has 7 heteroatoms. The van der Waals surface area contributed by atoms with Crippen molar-refractivity contribution in [2.75, 3.05) is 27.2 Å². The third-order valence-corrected chi connectivity index (χ3v) is 2.10. The van der Waals surface area contributed by atoms with E-state index in [-0.39, 0.29) is 24.7 Å². The Morgan fingerprint density at radius 3 is 2.61 bits per heavy atom. The van der Waals surface area contributed by atoms with Gasteiger partial charge in [-0.25, -0.2) is 9.78 Å². The summed E-state index contributed by atoms with van der Waals surface area (Å²) in [6.07, 6.45) is 1.27. The van der Waals surface area contributed by atoms with Crippen molar-refractivity contribution < 1.29 is 14.0 Å². The fourth-order valence-electron chi connectivity index (χ4n) is 1.15. The van der Waals surface area contributed by atoms with Gasteiger partial charge >= 0.3 is 6.03 Å². The minimum absolute atomic E-state index is 0.114. The molecule has 1 heterocycles. The standard InChI is InChI=1S/C11H15FN4O2/c1-16(2)11(18)15-7-6-14-10(17)8-4-3-5-13-9(8)12/h3-5H,6-7H2,1-2H3,(H,14,17)(H,15,18). The van der Waals surface area contributed by atoms with Gasteiger partial charge in [-0.3, -0.25) is 4.79 Å². The van der Waals surface area contributed by atoms with Crippen molar-refractivity contribution >= 4 is 11.9 Å². The van der Waals surface area contributed by atoms with Gasteiger partial charge in [-0.2, -0.15) is 4.39 Å². The highest BCUT2D eigenvalue weighted by Crippen LogP contribution is 2.01. The van der Waals surface area contributed by atoms with Crippen LogP contribution in [0.1, 0.15) is 10.4 Å². The Morgan fingerprint density at radius 1 is 1.33 bits per heavy atom. The third kappa shape index (κ3) is 4.00. The van der Waals surface area contributed by atoms with Crippen LogP contribution < -0.4 is 10.6 Å². The van der Waals surface area contributed by atoms with Crippen LogP contribution >= 0.6 is 0 Å².